The molecule has 0 fully saturated rings. The molecule has 13 heavy (non-hydrogen) atoms. The lowest BCUT2D eigenvalue weighted by Crippen LogP contribution is -2.16. The van der Waals surface area contributed by atoms with Gasteiger partial charge in [-0.15, -0.1) is 0 Å². The van der Waals surface area contributed by atoms with Crippen LogP contribution in [0, 0.1) is 10.5 Å². The highest BCUT2D eigenvalue weighted by Crippen LogP contribution is 2.24. The maximum absolute atomic E-state index is 3.33. The van der Waals surface area contributed by atoms with E-state index in [4.69, 9.17) is 0 Å². The van der Waals surface area contributed by atoms with Crippen molar-refractivity contribution in [3.63, 3.8) is 0 Å². The minimum Gasteiger partial charge on any atom is -0.313 e. The fourth-order valence-electron chi connectivity index (χ4n) is 1.52. The summed E-state index contributed by atoms with van der Waals surface area (Å²) in [6.07, 6.45) is 1.13. The Morgan fingerprint density at radius 1 is 1.46 bits per heavy atom. The molecule has 1 aromatic rings. The first kappa shape index (κ1) is 11.0. The van der Waals surface area contributed by atoms with Gasteiger partial charge in [-0.05, 0) is 54.1 Å². The third-order valence-electron chi connectivity index (χ3n) is 2.35. The molecule has 72 valence electrons. The molecule has 0 saturated carbocycles. The lowest BCUT2D eigenvalue weighted by molar-refractivity contribution is 0.574. The molecule has 1 N–H and O–H groups in total. The molecular weight excluding hydrogens is 273 g/mol. The standard InChI is InChI=1S/C11H16IN/c1-4-10(13-3)9-7-5-6-8(2)11(9)12/h5-7,10,13H,4H2,1-3H3. The van der Waals surface area contributed by atoms with E-state index in [0.717, 1.165) is 6.42 Å². The number of aryl methyl sites for hydroxylation is 1. The summed E-state index contributed by atoms with van der Waals surface area (Å²) in [5, 5.41) is 3.33. The number of rotatable bonds is 3. The number of nitrogens with one attached hydrogen (secondary N) is 1. The van der Waals surface area contributed by atoms with E-state index in [1.165, 1.54) is 14.7 Å². The Hall–Kier alpha value is -0.0900. The summed E-state index contributed by atoms with van der Waals surface area (Å²) in [4.78, 5) is 0. The summed E-state index contributed by atoms with van der Waals surface area (Å²) in [7, 11) is 2.02. The van der Waals surface area contributed by atoms with Crippen molar-refractivity contribution in [1.29, 1.82) is 0 Å². The number of hydrogen-bond acceptors (Lipinski definition) is 1. The summed E-state index contributed by atoms with van der Waals surface area (Å²) in [6.45, 7) is 4.37. The van der Waals surface area contributed by atoms with Crippen LogP contribution in [0.2, 0.25) is 0 Å². The van der Waals surface area contributed by atoms with Crippen molar-refractivity contribution in [1.82, 2.24) is 5.32 Å². The van der Waals surface area contributed by atoms with Gasteiger partial charge in [-0.3, -0.25) is 0 Å². The van der Waals surface area contributed by atoms with Gasteiger partial charge in [0.05, 0.1) is 0 Å². The maximum Gasteiger partial charge on any atom is 0.0325 e. The first-order chi connectivity index (χ1) is 6.20. The van der Waals surface area contributed by atoms with E-state index in [9.17, 15) is 0 Å². The maximum atomic E-state index is 3.33. The molecule has 0 amide bonds. The second kappa shape index (κ2) is 4.96. The van der Waals surface area contributed by atoms with E-state index in [1.807, 2.05) is 7.05 Å². The molecule has 0 aliphatic carbocycles. The highest BCUT2D eigenvalue weighted by Gasteiger charge is 2.10. The molecule has 1 aromatic carbocycles. The molecule has 1 nitrogen and oxygen atoms in total. The van der Waals surface area contributed by atoms with Gasteiger partial charge >= 0.3 is 0 Å². The Morgan fingerprint density at radius 3 is 2.69 bits per heavy atom. The van der Waals surface area contributed by atoms with E-state index in [2.05, 4.69) is 60.0 Å². The first-order valence-electron chi connectivity index (χ1n) is 4.63. The normalized spacial score (nSPS) is 12.9. The molecule has 1 atom stereocenters. The predicted octanol–water partition coefficient (Wildman–Crippen LogP) is 3.27. The zero-order chi connectivity index (χ0) is 9.84. The molecule has 0 spiro atoms. The topological polar surface area (TPSA) is 12.0 Å². The van der Waals surface area contributed by atoms with Crippen molar-refractivity contribution in [2.24, 2.45) is 0 Å². The number of benzene rings is 1. The van der Waals surface area contributed by atoms with E-state index >= 15 is 0 Å². The molecule has 0 bridgehead atoms. The molecule has 0 aliphatic heterocycles. The summed E-state index contributed by atoms with van der Waals surface area (Å²) >= 11 is 2.43. The van der Waals surface area contributed by atoms with Gasteiger partial charge in [0.15, 0.2) is 0 Å². The van der Waals surface area contributed by atoms with Gasteiger partial charge in [0.25, 0.3) is 0 Å². The summed E-state index contributed by atoms with van der Waals surface area (Å²) in [6, 6.07) is 6.99. The Balaban J connectivity index is 3.05. The second-order valence-electron chi connectivity index (χ2n) is 3.23. The van der Waals surface area contributed by atoms with Crippen molar-refractivity contribution >= 4 is 22.6 Å². The molecule has 0 radical (unpaired) electrons. The quantitative estimate of drug-likeness (QED) is 0.842. The predicted molar refractivity (Wildman–Crippen MR) is 66.0 cm³/mol. The van der Waals surface area contributed by atoms with Gasteiger partial charge in [0.2, 0.25) is 0 Å². The minimum absolute atomic E-state index is 0.492. The summed E-state index contributed by atoms with van der Waals surface area (Å²) < 4.78 is 1.39. The third kappa shape index (κ3) is 2.44. The van der Waals surface area contributed by atoms with Crippen LogP contribution in [0.25, 0.3) is 0 Å². The van der Waals surface area contributed by atoms with Crippen LogP contribution in [-0.4, -0.2) is 7.05 Å². The van der Waals surface area contributed by atoms with Gasteiger partial charge in [0, 0.05) is 9.61 Å². The SMILES string of the molecule is CCC(NC)c1cccc(C)c1I. The van der Waals surface area contributed by atoms with Crippen LogP contribution < -0.4 is 5.32 Å². The first-order valence-corrected chi connectivity index (χ1v) is 5.70. The largest absolute Gasteiger partial charge is 0.313 e. The van der Waals surface area contributed by atoms with Gasteiger partial charge in [-0.25, -0.2) is 0 Å². The Kier molecular flexibility index (Phi) is 4.19. The monoisotopic (exact) mass is 289 g/mol. The molecule has 1 unspecified atom stereocenters. The third-order valence-corrected chi connectivity index (χ3v) is 3.83. The Morgan fingerprint density at radius 2 is 2.15 bits per heavy atom. The van der Waals surface area contributed by atoms with Crippen LogP contribution in [0.1, 0.15) is 30.5 Å². The van der Waals surface area contributed by atoms with Gasteiger partial charge in [-0.1, -0.05) is 25.1 Å². The van der Waals surface area contributed by atoms with E-state index in [1.54, 1.807) is 0 Å². The van der Waals surface area contributed by atoms with Crippen molar-refractivity contribution in [3.05, 3.63) is 32.9 Å². The lowest BCUT2D eigenvalue weighted by Gasteiger charge is -2.17. The molecular formula is C11H16IN. The average Bonchev–Trinajstić information content (AvgIpc) is 2.14. The van der Waals surface area contributed by atoms with E-state index in [0.29, 0.717) is 6.04 Å². The van der Waals surface area contributed by atoms with Crippen LogP contribution in [0.3, 0.4) is 0 Å². The second-order valence-corrected chi connectivity index (χ2v) is 4.31. The van der Waals surface area contributed by atoms with Gasteiger partial charge < -0.3 is 5.32 Å². The summed E-state index contributed by atoms with van der Waals surface area (Å²) in [5.41, 5.74) is 2.79. The van der Waals surface area contributed by atoms with Crippen LogP contribution in [-0.2, 0) is 0 Å². The minimum atomic E-state index is 0.492. The molecule has 0 saturated heterocycles. The van der Waals surface area contributed by atoms with Crippen LogP contribution in [0.4, 0.5) is 0 Å². The van der Waals surface area contributed by atoms with Gasteiger partial charge in [0.1, 0.15) is 0 Å². The lowest BCUT2D eigenvalue weighted by atomic mass is 10.0. The molecule has 0 heterocycles. The van der Waals surface area contributed by atoms with Crippen LogP contribution in [0.5, 0.6) is 0 Å². The highest BCUT2D eigenvalue weighted by atomic mass is 127. The van der Waals surface area contributed by atoms with Gasteiger partial charge in [-0.2, -0.15) is 0 Å². The smallest absolute Gasteiger partial charge is 0.0325 e. The molecule has 0 aliphatic rings. The number of hydrogen-bond donors (Lipinski definition) is 1. The van der Waals surface area contributed by atoms with Crippen LogP contribution in [0.15, 0.2) is 18.2 Å². The summed E-state index contributed by atoms with van der Waals surface area (Å²) in [5.74, 6) is 0. The Labute approximate surface area is 94.1 Å². The number of halogens is 1. The van der Waals surface area contributed by atoms with Crippen molar-refractivity contribution in [2.45, 2.75) is 26.3 Å². The zero-order valence-corrected chi connectivity index (χ0v) is 10.6. The van der Waals surface area contributed by atoms with E-state index < -0.39 is 0 Å². The van der Waals surface area contributed by atoms with Crippen molar-refractivity contribution in [3.8, 4) is 0 Å². The highest BCUT2D eigenvalue weighted by molar-refractivity contribution is 14.1. The average molecular weight is 289 g/mol. The molecule has 1 rings (SSSR count). The fourth-order valence-corrected chi connectivity index (χ4v) is 2.25. The van der Waals surface area contributed by atoms with Crippen LogP contribution >= 0.6 is 22.6 Å². The van der Waals surface area contributed by atoms with Crippen molar-refractivity contribution < 1.29 is 0 Å². The molecule has 0 aromatic heterocycles. The van der Waals surface area contributed by atoms with E-state index in [-0.39, 0.29) is 0 Å². The van der Waals surface area contributed by atoms with Crippen molar-refractivity contribution in [2.75, 3.05) is 7.05 Å². The fraction of sp³-hybridized carbons (Fsp3) is 0.455. The molecule has 2 heteroatoms. The Bertz CT molecular complexity index is 279. The zero-order valence-electron chi connectivity index (χ0n) is 8.39.